The van der Waals surface area contributed by atoms with Crippen molar-refractivity contribution in [2.24, 2.45) is 0 Å². The summed E-state index contributed by atoms with van der Waals surface area (Å²) in [7, 11) is -2.23. The van der Waals surface area contributed by atoms with Crippen molar-refractivity contribution in [1.29, 1.82) is 0 Å². The van der Waals surface area contributed by atoms with E-state index in [2.05, 4.69) is 0 Å². The normalized spacial score (nSPS) is 22.4. The van der Waals surface area contributed by atoms with E-state index in [1.165, 1.54) is 7.05 Å². The van der Waals surface area contributed by atoms with Crippen LogP contribution in [0.5, 0.6) is 0 Å². The van der Waals surface area contributed by atoms with Gasteiger partial charge in [0.2, 0.25) is 15.9 Å². The zero-order valence-electron chi connectivity index (χ0n) is 14.0. The van der Waals surface area contributed by atoms with Gasteiger partial charge in [0.1, 0.15) is 0 Å². The number of hydrogen-bond donors (Lipinski definition) is 0. The topological polar surface area (TPSA) is 66.9 Å². The molecule has 0 unspecified atom stereocenters. The minimum atomic E-state index is -3.66. The molecule has 7 heteroatoms. The van der Waals surface area contributed by atoms with Gasteiger partial charge in [-0.1, -0.05) is 17.7 Å². The Morgan fingerprint density at radius 2 is 1.74 bits per heavy atom. The summed E-state index contributed by atoms with van der Waals surface area (Å²) in [4.78, 5) is 14.3. The molecule has 1 fully saturated rings. The molecular formula is C16H24N2O4S. The molecule has 1 aromatic rings. The summed E-state index contributed by atoms with van der Waals surface area (Å²) in [5.74, 6) is -0.204. The summed E-state index contributed by atoms with van der Waals surface area (Å²) in [5, 5.41) is 0. The highest BCUT2D eigenvalue weighted by Crippen LogP contribution is 2.16. The molecular weight excluding hydrogens is 316 g/mol. The van der Waals surface area contributed by atoms with Crippen molar-refractivity contribution in [2.75, 3.05) is 26.7 Å². The summed E-state index contributed by atoms with van der Waals surface area (Å²) >= 11 is 0. The summed E-state index contributed by atoms with van der Waals surface area (Å²) in [6.45, 7) is 6.51. The molecule has 1 saturated heterocycles. The molecule has 6 nitrogen and oxygen atoms in total. The van der Waals surface area contributed by atoms with E-state index < -0.39 is 10.0 Å². The number of hydrogen-bond acceptors (Lipinski definition) is 4. The van der Waals surface area contributed by atoms with E-state index in [-0.39, 0.29) is 29.6 Å². The minimum Gasteiger partial charge on any atom is -0.372 e. The molecule has 0 saturated carbocycles. The average molecular weight is 340 g/mol. The lowest BCUT2D eigenvalue weighted by atomic mass is 10.2. The highest BCUT2D eigenvalue weighted by atomic mass is 32.2. The highest BCUT2D eigenvalue weighted by Gasteiger charge is 2.29. The van der Waals surface area contributed by atoms with Gasteiger partial charge in [-0.25, -0.2) is 8.42 Å². The molecule has 1 aliphatic rings. The van der Waals surface area contributed by atoms with Gasteiger partial charge in [0.25, 0.3) is 0 Å². The first-order valence-electron chi connectivity index (χ1n) is 7.66. The molecule has 0 aliphatic carbocycles. The van der Waals surface area contributed by atoms with Gasteiger partial charge >= 0.3 is 0 Å². The van der Waals surface area contributed by atoms with E-state index in [4.69, 9.17) is 4.74 Å². The fourth-order valence-electron chi connectivity index (χ4n) is 2.65. The van der Waals surface area contributed by atoms with Crippen LogP contribution in [0.1, 0.15) is 19.4 Å². The molecule has 1 aliphatic heterocycles. The molecule has 1 aromatic carbocycles. The molecule has 0 aromatic heterocycles. The number of amides is 1. The van der Waals surface area contributed by atoms with Crippen molar-refractivity contribution in [3.05, 3.63) is 29.8 Å². The fourth-order valence-corrected chi connectivity index (χ4v) is 3.77. The van der Waals surface area contributed by atoms with Crippen LogP contribution in [0.4, 0.5) is 0 Å². The lowest BCUT2D eigenvalue weighted by molar-refractivity contribution is -0.143. The first kappa shape index (κ1) is 17.9. The van der Waals surface area contributed by atoms with E-state index in [0.717, 1.165) is 9.87 Å². The second-order valence-corrected chi connectivity index (χ2v) is 8.18. The Labute approximate surface area is 138 Å². The van der Waals surface area contributed by atoms with E-state index >= 15 is 0 Å². The summed E-state index contributed by atoms with van der Waals surface area (Å²) < 4.78 is 31.7. The molecule has 2 rings (SSSR count). The van der Waals surface area contributed by atoms with E-state index in [1.807, 2.05) is 20.8 Å². The molecule has 0 radical (unpaired) electrons. The molecule has 0 bridgehead atoms. The van der Waals surface area contributed by atoms with E-state index in [1.54, 1.807) is 29.2 Å². The van der Waals surface area contributed by atoms with Crippen molar-refractivity contribution in [3.8, 4) is 0 Å². The molecule has 1 amide bonds. The maximum absolute atomic E-state index is 12.5. The SMILES string of the molecule is Cc1ccc(S(=O)(=O)N(C)CC(=O)N2C[C@@H](C)O[C@H](C)C2)cc1. The van der Waals surface area contributed by atoms with Crippen LogP contribution < -0.4 is 0 Å². The molecule has 0 N–H and O–H groups in total. The average Bonchev–Trinajstić information content (AvgIpc) is 2.46. The Morgan fingerprint density at radius 1 is 1.22 bits per heavy atom. The molecule has 2 atom stereocenters. The van der Waals surface area contributed by atoms with Crippen LogP contribution in [0.15, 0.2) is 29.2 Å². The molecule has 1 heterocycles. The fraction of sp³-hybridized carbons (Fsp3) is 0.562. The largest absolute Gasteiger partial charge is 0.372 e. The Bertz CT molecular complexity index is 647. The van der Waals surface area contributed by atoms with E-state index in [9.17, 15) is 13.2 Å². The van der Waals surface area contributed by atoms with Crippen LogP contribution in [0.2, 0.25) is 0 Å². The van der Waals surface area contributed by atoms with Crippen LogP contribution in [0.3, 0.4) is 0 Å². The number of rotatable bonds is 4. The summed E-state index contributed by atoms with van der Waals surface area (Å²) in [5.41, 5.74) is 0.985. The van der Waals surface area contributed by atoms with E-state index in [0.29, 0.717) is 13.1 Å². The van der Waals surface area contributed by atoms with Crippen LogP contribution in [-0.4, -0.2) is 62.4 Å². The number of ether oxygens (including phenoxy) is 1. The maximum Gasteiger partial charge on any atom is 0.243 e. The third-order valence-electron chi connectivity index (χ3n) is 3.86. The minimum absolute atomic E-state index is 0.0401. The Kier molecular flexibility index (Phi) is 5.44. The van der Waals surface area contributed by atoms with Gasteiger partial charge in [0.15, 0.2) is 0 Å². The predicted molar refractivity (Wildman–Crippen MR) is 87.6 cm³/mol. The van der Waals surface area contributed by atoms with Gasteiger partial charge in [-0.15, -0.1) is 0 Å². The van der Waals surface area contributed by atoms with Gasteiger partial charge in [-0.3, -0.25) is 4.79 Å². The van der Waals surface area contributed by atoms with Gasteiger partial charge < -0.3 is 9.64 Å². The summed E-state index contributed by atoms with van der Waals surface area (Å²) in [6, 6.07) is 6.61. The lowest BCUT2D eigenvalue weighted by Gasteiger charge is -2.36. The van der Waals surface area contributed by atoms with Gasteiger partial charge in [-0.2, -0.15) is 4.31 Å². The van der Waals surface area contributed by atoms with Crippen molar-refractivity contribution in [1.82, 2.24) is 9.21 Å². The van der Waals surface area contributed by atoms with Crippen molar-refractivity contribution in [3.63, 3.8) is 0 Å². The zero-order chi connectivity index (χ0) is 17.2. The number of sulfonamides is 1. The van der Waals surface area contributed by atoms with Gasteiger partial charge in [0, 0.05) is 20.1 Å². The zero-order valence-corrected chi connectivity index (χ0v) is 14.8. The number of nitrogens with zero attached hydrogens (tertiary/aromatic N) is 2. The molecule has 0 spiro atoms. The highest BCUT2D eigenvalue weighted by molar-refractivity contribution is 7.89. The van der Waals surface area contributed by atoms with Gasteiger partial charge in [-0.05, 0) is 32.9 Å². The number of morpholine rings is 1. The van der Waals surface area contributed by atoms with Crippen molar-refractivity contribution in [2.45, 2.75) is 37.9 Å². The predicted octanol–water partition coefficient (Wildman–Crippen LogP) is 1.25. The quantitative estimate of drug-likeness (QED) is 0.827. The van der Waals surface area contributed by atoms with Crippen LogP contribution in [-0.2, 0) is 19.6 Å². The number of likely N-dealkylation sites (N-methyl/N-ethyl adjacent to an activating group) is 1. The lowest BCUT2D eigenvalue weighted by Crippen LogP contribution is -2.51. The van der Waals surface area contributed by atoms with Crippen LogP contribution in [0, 0.1) is 6.92 Å². The van der Waals surface area contributed by atoms with Crippen LogP contribution >= 0.6 is 0 Å². The smallest absolute Gasteiger partial charge is 0.243 e. The van der Waals surface area contributed by atoms with Crippen molar-refractivity contribution < 1.29 is 17.9 Å². The first-order chi connectivity index (χ1) is 10.7. The number of carbonyl (C=O) groups excluding carboxylic acids is 1. The monoisotopic (exact) mass is 340 g/mol. The van der Waals surface area contributed by atoms with Crippen LogP contribution in [0.25, 0.3) is 0 Å². The number of benzene rings is 1. The maximum atomic E-state index is 12.5. The Balaban J connectivity index is 2.06. The standard InChI is InChI=1S/C16H24N2O4S/c1-12-5-7-15(8-6-12)23(20,21)17(4)11-16(19)18-9-13(2)22-14(3)10-18/h5-8,13-14H,9-11H2,1-4H3/t13-,14-/m1/s1. The third-order valence-corrected chi connectivity index (χ3v) is 5.68. The second kappa shape index (κ2) is 6.98. The Morgan fingerprint density at radius 3 is 2.26 bits per heavy atom. The van der Waals surface area contributed by atoms with Crippen molar-refractivity contribution >= 4 is 15.9 Å². The first-order valence-corrected chi connectivity index (χ1v) is 9.10. The molecule has 128 valence electrons. The van der Waals surface area contributed by atoms with Gasteiger partial charge in [0.05, 0.1) is 23.6 Å². The summed E-state index contributed by atoms with van der Waals surface area (Å²) in [6.07, 6.45) is -0.0802. The third kappa shape index (κ3) is 4.31. The number of aryl methyl sites for hydroxylation is 1. The Hall–Kier alpha value is -1.44. The second-order valence-electron chi connectivity index (χ2n) is 6.13. The molecule has 23 heavy (non-hydrogen) atoms. The number of carbonyl (C=O) groups is 1.